The highest BCUT2D eigenvalue weighted by Crippen LogP contribution is 2.10. The fraction of sp³-hybridized carbons (Fsp3) is 0.364. The van der Waals surface area contributed by atoms with Gasteiger partial charge in [0.2, 0.25) is 0 Å². The van der Waals surface area contributed by atoms with Gasteiger partial charge in [0.05, 0.1) is 4.90 Å². The van der Waals surface area contributed by atoms with Crippen LogP contribution in [0.25, 0.3) is 0 Å². The maximum atomic E-state index is 11.6. The number of rotatable bonds is 8. The van der Waals surface area contributed by atoms with Gasteiger partial charge in [-0.1, -0.05) is 12.1 Å². The first-order valence-electron chi connectivity index (χ1n) is 6.03. The molecule has 0 spiro atoms. The summed E-state index contributed by atoms with van der Waals surface area (Å²) in [5, 5.41) is 8.55. The van der Waals surface area contributed by atoms with Crippen molar-refractivity contribution >= 4 is 26.0 Å². The summed E-state index contributed by atoms with van der Waals surface area (Å²) in [6.07, 6.45) is 1.07. The van der Waals surface area contributed by atoms with Crippen LogP contribution in [0.4, 0.5) is 0 Å². The van der Waals surface area contributed by atoms with Gasteiger partial charge in [0.1, 0.15) is 6.04 Å². The molecular formula is C11H17N3O6S2. The first-order chi connectivity index (χ1) is 10.0. The highest BCUT2D eigenvalue weighted by molar-refractivity contribution is 7.90. The highest BCUT2D eigenvalue weighted by atomic mass is 32.2. The van der Waals surface area contributed by atoms with Gasteiger partial charge in [0.25, 0.3) is 10.2 Å². The number of carbonyl (C=O) groups is 1. The third kappa shape index (κ3) is 6.07. The Hall–Kier alpha value is -1.53. The molecule has 1 aromatic carbocycles. The minimum atomic E-state index is -3.91. The summed E-state index contributed by atoms with van der Waals surface area (Å²) in [5.74, 6) is -1.32. The molecule has 0 saturated carbocycles. The molecular weight excluding hydrogens is 334 g/mol. The molecule has 0 aliphatic rings. The van der Waals surface area contributed by atoms with Crippen LogP contribution >= 0.6 is 0 Å². The quantitative estimate of drug-likeness (QED) is 0.440. The van der Waals surface area contributed by atoms with E-state index in [0.29, 0.717) is 5.56 Å². The Morgan fingerprint density at radius 2 is 1.73 bits per heavy atom. The van der Waals surface area contributed by atoms with Crippen molar-refractivity contribution in [1.29, 1.82) is 0 Å². The van der Waals surface area contributed by atoms with Crippen LogP contribution in [0.5, 0.6) is 0 Å². The van der Waals surface area contributed by atoms with E-state index in [4.69, 9.17) is 10.8 Å². The smallest absolute Gasteiger partial charge is 0.321 e. The van der Waals surface area contributed by atoms with Gasteiger partial charge in [-0.25, -0.2) is 13.1 Å². The van der Waals surface area contributed by atoms with E-state index in [2.05, 4.69) is 4.72 Å². The number of hydrogen-bond acceptors (Lipinski definition) is 6. The van der Waals surface area contributed by atoms with Crippen LogP contribution in [0.3, 0.4) is 0 Å². The molecule has 0 aliphatic heterocycles. The van der Waals surface area contributed by atoms with E-state index in [9.17, 15) is 21.6 Å². The third-order valence-electron chi connectivity index (χ3n) is 2.63. The van der Waals surface area contributed by atoms with Crippen molar-refractivity contribution in [1.82, 2.24) is 9.44 Å². The number of nitrogens with one attached hydrogen (secondary N) is 2. The molecule has 0 aliphatic carbocycles. The fourth-order valence-electron chi connectivity index (χ4n) is 1.37. The monoisotopic (exact) mass is 351 g/mol. The molecule has 1 rings (SSSR count). The first kappa shape index (κ1) is 18.5. The van der Waals surface area contributed by atoms with E-state index in [0.717, 1.165) is 6.26 Å². The van der Waals surface area contributed by atoms with Crippen molar-refractivity contribution in [3.8, 4) is 0 Å². The Morgan fingerprint density at radius 1 is 1.18 bits per heavy atom. The number of aliphatic carboxylic acids is 1. The maximum Gasteiger partial charge on any atom is 0.321 e. The number of sulfone groups is 1. The molecule has 0 heterocycles. The third-order valence-corrected chi connectivity index (χ3v) is 4.83. The summed E-state index contributed by atoms with van der Waals surface area (Å²) < 4.78 is 49.9. The molecule has 11 heteroatoms. The molecule has 1 aromatic rings. The lowest BCUT2D eigenvalue weighted by Gasteiger charge is -2.10. The number of carboxylic acids is 1. The van der Waals surface area contributed by atoms with Crippen molar-refractivity contribution in [2.75, 3.05) is 12.8 Å². The summed E-state index contributed by atoms with van der Waals surface area (Å²) in [4.78, 5) is 10.6. The molecule has 9 nitrogen and oxygen atoms in total. The average Bonchev–Trinajstić information content (AvgIpc) is 2.42. The lowest BCUT2D eigenvalue weighted by molar-refractivity contribution is -0.138. The lowest BCUT2D eigenvalue weighted by atomic mass is 10.2. The molecule has 0 fully saturated rings. The average molecular weight is 351 g/mol. The summed E-state index contributed by atoms with van der Waals surface area (Å²) in [7, 11) is -7.22. The zero-order chi connectivity index (χ0) is 17.0. The van der Waals surface area contributed by atoms with Gasteiger partial charge >= 0.3 is 5.97 Å². The molecule has 0 unspecified atom stereocenters. The molecule has 5 N–H and O–H groups in total. The second-order valence-corrected chi connectivity index (χ2v) is 8.13. The van der Waals surface area contributed by atoms with Gasteiger partial charge < -0.3 is 10.8 Å². The SMILES string of the molecule is CS(=O)(=O)c1ccc(CNS(=O)(=O)NC[C@H](N)C(=O)O)cc1. The highest BCUT2D eigenvalue weighted by Gasteiger charge is 2.16. The fourth-order valence-corrected chi connectivity index (χ4v) is 2.86. The molecule has 0 saturated heterocycles. The number of nitrogens with two attached hydrogens (primary N) is 1. The van der Waals surface area contributed by atoms with Gasteiger partial charge in [-0.3, -0.25) is 4.79 Å². The summed E-state index contributed by atoms with van der Waals surface area (Å²) in [5.41, 5.74) is 5.72. The summed E-state index contributed by atoms with van der Waals surface area (Å²) in [6, 6.07) is 4.34. The van der Waals surface area contributed by atoms with Crippen LogP contribution in [0, 0.1) is 0 Å². The molecule has 22 heavy (non-hydrogen) atoms. The van der Waals surface area contributed by atoms with Gasteiger partial charge in [-0.2, -0.15) is 13.1 Å². The molecule has 1 atom stereocenters. The Morgan fingerprint density at radius 3 is 2.18 bits per heavy atom. The summed E-state index contributed by atoms with van der Waals surface area (Å²) in [6.45, 7) is -0.528. The van der Waals surface area contributed by atoms with Crippen LogP contribution in [0.2, 0.25) is 0 Å². The van der Waals surface area contributed by atoms with Crippen LogP contribution in [-0.4, -0.2) is 46.8 Å². The van der Waals surface area contributed by atoms with Crippen molar-refractivity contribution in [2.45, 2.75) is 17.5 Å². The van der Waals surface area contributed by atoms with Crippen LogP contribution in [0.1, 0.15) is 5.56 Å². The predicted octanol–water partition coefficient (Wildman–Crippen LogP) is -1.57. The summed E-state index contributed by atoms with van der Waals surface area (Å²) >= 11 is 0. The topological polar surface area (TPSA) is 156 Å². The second-order valence-electron chi connectivity index (χ2n) is 4.53. The molecule has 0 amide bonds. The van der Waals surface area contributed by atoms with E-state index in [1.165, 1.54) is 24.3 Å². The van der Waals surface area contributed by atoms with Gasteiger partial charge in [0.15, 0.2) is 9.84 Å². The number of benzene rings is 1. The Labute approximate surface area is 128 Å². The zero-order valence-electron chi connectivity index (χ0n) is 11.7. The first-order valence-corrected chi connectivity index (χ1v) is 9.40. The van der Waals surface area contributed by atoms with Gasteiger partial charge in [-0.15, -0.1) is 0 Å². The molecule has 0 bridgehead atoms. The normalized spacial score (nSPS) is 13.7. The van der Waals surface area contributed by atoms with E-state index in [-0.39, 0.29) is 11.4 Å². The van der Waals surface area contributed by atoms with E-state index in [1.54, 1.807) is 0 Å². The maximum absolute atomic E-state index is 11.6. The van der Waals surface area contributed by atoms with Gasteiger partial charge in [0, 0.05) is 19.3 Å². The standard InChI is InChI=1S/C11H17N3O6S2/c1-21(17,18)9-4-2-8(3-5-9)6-13-22(19,20)14-7-10(12)11(15)16/h2-5,10,13-14H,6-7,12H2,1H3,(H,15,16)/t10-/m0/s1. The van der Waals surface area contributed by atoms with Crippen LogP contribution < -0.4 is 15.2 Å². The van der Waals surface area contributed by atoms with Crippen molar-refractivity contribution < 1.29 is 26.7 Å². The largest absolute Gasteiger partial charge is 0.480 e. The minimum absolute atomic E-state index is 0.0817. The van der Waals surface area contributed by atoms with Crippen LogP contribution in [-0.2, 0) is 31.4 Å². The zero-order valence-corrected chi connectivity index (χ0v) is 13.3. The van der Waals surface area contributed by atoms with E-state index in [1.807, 2.05) is 4.72 Å². The molecule has 0 radical (unpaired) electrons. The Balaban J connectivity index is 2.60. The Bertz CT molecular complexity index is 728. The number of carboxylic acid groups (broad SMARTS) is 1. The molecule has 124 valence electrons. The van der Waals surface area contributed by atoms with Crippen molar-refractivity contribution in [2.24, 2.45) is 5.73 Å². The van der Waals surface area contributed by atoms with E-state index < -0.39 is 38.6 Å². The molecule has 0 aromatic heterocycles. The van der Waals surface area contributed by atoms with E-state index >= 15 is 0 Å². The van der Waals surface area contributed by atoms with Crippen molar-refractivity contribution in [3.05, 3.63) is 29.8 Å². The Kier molecular flexibility index (Phi) is 6.02. The number of hydrogen-bond donors (Lipinski definition) is 4. The van der Waals surface area contributed by atoms with Crippen molar-refractivity contribution in [3.63, 3.8) is 0 Å². The second kappa shape index (κ2) is 7.15. The lowest BCUT2D eigenvalue weighted by Crippen LogP contribution is -2.45. The van der Waals surface area contributed by atoms with Gasteiger partial charge in [-0.05, 0) is 17.7 Å². The van der Waals surface area contributed by atoms with Crippen LogP contribution in [0.15, 0.2) is 29.2 Å². The minimum Gasteiger partial charge on any atom is -0.480 e. The predicted molar refractivity (Wildman–Crippen MR) is 78.9 cm³/mol.